The molecule has 0 radical (unpaired) electrons. The molecule has 1 aliphatic rings. The Balaban J connectivity index is 2.55. The molecule has 0 spiro atoms. The second-order valence-corrected chi connectivity index (χ2v) is 7.56. The molecule has 0 aromatic heterocycles. The summed E-state index contributed by atoms with van der Waals surface area (Å²) in [5, 5.41) is 0. The van der Waals surface area contributed by atoms with Crippen LogP contribution >= 0.6 is 0 Å². The fourth-order valence-electron chi connectivity index (χ4n) is 1.41. The van der Waals surface area contributed by atoms with Gasteiger partial charge in [0.1, 0.15) is 5.60 Å². The molecule has 94 valence electrons. The second kappa shape index (κ2) is 4.61. The smallest absolute Gasteiger partial charge is 0.410 e. The summed E-state index contributed by atoms with van der Waals surface area (Å²) in [4.78, 5) is 13.3. The van der Waals surface area contributed by atoms with Gasteiger partial charge in [-0.2, -0.15) is 0 Å². The summed E-state index contributed by atoms with van der Waals surface area (Å²) in [5.74, 6) is 0.894. The highest BCUT2D eigenvalue weighted by Gasteiger charge is 2.27. The van der Waals surface area contributed by atoms with Crippen molar-refractivity contribution in [3.63, 3.8) is 0 Å². The zero-order valence-corrected chi connectivity index (χ0v) is 11.2. The third-order valence-electron chi connectivity index (χ3n) is 2.34. The molecule has 0 saturated carbocycles. The Morgan fingerprint density at radius 1 is 1.31 bits per heavy atom. The molecule has 0 N–H and O–H groups in total. The Kier molecular flexibility index (Phi) is 3.83. The first-order valence-electron chi connectivity index (χ1n) is 5.34. The minimum Gasteiger partial charge on any atom is -0.444 e. The Morgan fingerprint density at radius 2 is 1.81 bits per heavy atom. The minimum atomic E-state index is -2.06. The topological polar surface area (TPSA) is 59.0 Å². The number of hydrogen-bond donors (Lipinski definition) is 0. The van der Waals surface area contributed by atoms with Gasteiger partial charge in [0, 0.05) is 41.4 Å². The number of ether oxygens (including phenoxy) is 1. The molecule has 0 bridgehead atoms. The summed E-state index contributed by atoms with van der Waals surface area (Å²) >= 11 is 0. The molecule has 1 rings (SSSR count). The van der Waals surface area contributed by atoms with Crippen LogP contribution in [0, 0.1) is 0 Å². The Hall–Kier alpha value is -0.780. The summed E-state index contributed by atoms with van der Waals surface area (Å²) in [7, 11) is -0.488. The van der Waals surface area contributed by atoms with E-state index in [9.17, 15) is 9.00 Å². The third-order valence-corrected chi connectivity index (χ3v) is 4.65. The molecule has 0 atom stereocenters. The highest BCUT2D eigenvalue weighted by atomic mass is 32.2. The maximum atomic E-state index is 11.9. The lowest BCUT2D eigenvalue weighted by Crippen LogP contribution is -2.45. The van der Waals surface area contributed by atoms with Crippen molar-refractivity contribution in [3.05, 3.63) is 0 Å². The lowest BCUT2D eigenvalue weighted by Gasteiger charge is -2.30. The Labute approximate surface area is 97.3 Å². The number of nitrogens with zero attached hydrogens (tertiary/aromatic N) is 2. The van der Waals surface area contributed by atoms with E-state index in [0.29, 0.717) is 24.6 Å². The van der Waals surface area contributed by atoms with E-state index in [1.807, 2.05) is 20.8 Å². The molecular weight excluding hydrogens is 228 g/mol. The van der Waals surface area contributed by atoms with E-state index in [2.05, 4.69) is 4.36 Å². The zero-order chi connectivity index (χ0) is 12.4. The minimum absolute atomic E-state index is 0.329. The highest BCUT2D eigenvalue weighted by Crippen LogP contribution is 2.13. The lowest BCUT2D eigenvalue weighted by atomic mass is 10.2. The molecular formula is C10H20N2O3S. The maximum Gasteiger partial charge on any atom is 0.410 e. The van der Waals surface area contributed by atoms with E-state index in [1.165, 1.54) is 0 Å². The van der Waals surface area contributed by atoms with Gasteiger partial charge in [-0.05, 0) is 20.8 Å². The van der Waals surface area contributed by atoms with Crippen LogP contribution in [0.1, 0.15) is 20.8 Å². The van der Waals surface area contributed by atoms with Crippen LogP contribution in [0.4, 0.5) is 4.79 Å². The molecule has 1 saturated heterocycles. The van der Waals surface area contributed by atoms with Gasteiger partial charge in [-0.1, -0.05) is 0 Å². The van der Waals surface area contributed by atoms with Crippen LogP contribution in [0.2, 0.25) is 0 Å². The van der Waals surface area contributed by atoms with Gasteiger partial charge in [0.2, 0.25) is 0 Å². The van der Waals surface area contributed by atoms with Gasteiger partial charge in [0.05, 0.1) is 0 Å². The van der Waals surface area contributed by atoms with Crippen molar-refractivity contribution in [1.29, 1.82) is 0 Å². The van der Waals surface area contributed by atoms with Crippen molar-refractivity contribution in [2.24, 2.45) is 4.36 Å². The van der Waals surface area contributed by atoms with Crippen molar-refractivity contribution in [1.82, 2.24) is 4.90 Å². The number of amides is 1. The van der Waals surface area contributed by atoms with Gasteiger partial charge >= 0.3 is 6.09 Å². The average molecular weight is 248 g/mol. The largest absolute Gasteiger partial charge is 0.444 e. The molecule has 0 aliphatic carbocycles. The number of hydrogen-bond acceptors (Lipinski definition) is 4. The van der Waals surface area contributed by atoms with Crippen LogP contribution in [-0.2, 0) is 14.5 Å². The summed E-state index contributed by atoms with van der Waals surface area (Å²) < 4.78 is 21.0. The lowest BCUT2D eigenvalue weighted by molar-refractivity contribution is 0.0268. The van der Waals surface area contributed by atoms with Crippen LogP contribution in [-0.4, -0.2) is 52.4 Å². The van der Waals surface area contributed by atoms with Gasteiger partial charge in [-0.15, -0.1) is 0 Å². The first-order chi connectivity index (χ1) is 7.26. The monoisotopic (exact) mass is 248 g/mol. The summed E-state index contributed by atoms with van der Waals surface area (Å²) in [6, 6.07) is 0. The van der Waals surface area contributed by atoms with E-state index in [1.54, 1.807) is 11.9 Å². The van der Waals surface area contributed by atoms with Crippen LogP contribution in [0.5, 0.6) is 0 Å². The zero-order valence-electron chi connectivity index (χ0n) is 10.4. The molecule has 16 heavy (non-hydrogen) atoms. The van der Waals surface area contributed by atoms with Crippen LogP contribution in [0.15, 0.2) is 4.36 Å². The number of rotatable bonds is 0. The standard InChI is InChI=1S/C10H20N2O3S/c1-10(2,3)15-9(13)12-5-7-16(14,11-4)8-6-12/h5-8H2,1-4H3. The predicted octanol–water partition coefficient (Wildman–Crippen LogP) is 1.33. The van der Waals surface area contributed by atoms with Crippen LogP contribution in [0.25, 0.3) is 0 Å². The van der Waals surface area contributed by atoms with E-state index in [4.69, 9.17) is 4.74 Å². The summed E-state index contributed by atoms with van der Waals surface area (Å²) in [6.07, 6.45) is -0.329. The predicted molar refractivity (Wildman–Crippen MR) is 64.0 cm³/mol. The van der Waals surface area contributed by atoms with E-state index in [0.717, 1.165) is 0 Å². The molecule has 1 fully saturated rings. The van der Waals surface area contributed by atoms with Gasteiger partial charge < -0.3 is 9.64 Å². The van der Waals surface area contributed by atoms with Crippen molar-refractivity contribution in [3.8, 4) is 0 Å². The van der Waals surface area contributed by atoms with Crippen molar-refractivity contribution < 1.29 is 13.7 Å². The normalized spacial score (nSPS) is 20.4. The molecule has 1 aliphatic heterocycles. The first kappa shape index (κ1) is 13.3. The van der Waals surface area contributed by atoms with Crippen molar-refractivity contribution >= 4 is 15.8 Å². The van der Waals surface area contributed by atoms with Crippen molar-refractivity contribution in [2.75, 3.05) is 31.6 Å². The average Bonchev–Trinajstić information content (AvgIpc) is 2.16. The number of carbonyl (C=O) groups is 1. The van der Waals surface area contributed by atoms with Gasteiger partial charge in [0.25, 0.3) is 0 Å². The fraction of sp³-hybridized carbons (Fsp3) is 0.900. The second-order valence-electron chi connectivity index (χ2n) is 4.83. The molecule has 0 unspecified atom stereocenters. The van der Waals surface area contributed by atoms with Crippen molar-refractivity contribution in [2.45, 2.75) is 26.4 Å². The van der Waals surface area contributed by atoms with E-state index in [-0.39, 0.29) is 6.09 Å². The van der Waals surface area contributed by atoms with E-state index >= 15 is 0 Å². The molecule has 1 amide bonds. The van der Waals surface area contributed by atoms with Crippen LogP contribution < -0.4 is 0 Å². The SMILES string of the molecule is CN=S1(=O)CCN(C(=O)OC(C)(C)C)CC1. The molecule has 5 nitrogen and oxygen atoms in total. The first-order valence-corrected chi connectivity index (χ1v) is 7.20. The third kappa shape index (κ3) is 3.66. The molecule has 0 aromatic carbocycles. The quantitative estimate of drug-likeness (QED) is 0.650. The highest BCUT2D eigenvalue weighted by molar-refractivity contribution is 7.93. The fourth-order valence-corrected chi connectivity index (χ4v) is 2.99. The van der Waals surface area contributed by atoms with Crippen LogP contribution in [0.3, 0.4) is 0 Å². The Bertz CT molecular complexity index is 364. The van der Waals surface area contributed by atoms with Gasteiger partial charge in [-0.3, -0.25) is 0 Å². The molecule has 6 heteroatoms. The summed E-state index contributed by atoms with van der Waals surface area (Å²) in [6.45, 7) is 6.42. The van der Waals surface area contributed by atoms with Gasteiger partial charge in [-0.25, -0.2) is 13.4 Å². The Morgan fingerprint density at radius 3 is 2.19 bits per heavy atom. The maximum absolute atomic E-state index is 11.9. The molecule has 0 aromatic rings. The molecule has 1 heterocycles. The number of carbonyl (C=O) groups excluding carboxylic acids is 1. The summed E-state index contributed by atoms with van der Waals surface area (Å²) in [5.41, 5.74) is -0.481. The van der Waals surface area contributed by atoms with Gasteiger partial charge in [0.15, 0.2) is 0 Å². The van der Waals surface area contributed by atoms with E-state index < -0.39 is 15.3 Å².